The molecule has 2 atom stereocenters. The number of hydrogen-bond acceptors (Lipinski definition) is 5. The third kappa shape index (κ3) is 5.43. The van der Waals surface area contributed by atoms with Crippen molar-refractivity contribution in [2.75, 3.05) is 12.9 Å². The third-order valence-electron chi connectivity index (χ3n) is 2.04. The van der Waals surface area contributed by atoms with Crippen LogP contribution in [-0.2, 0) is 19.1 Å². The summed E-state index contributed by atoms with van der Waals surface area (Å²) in [6.07, 6.45) is -0.528. The Hall–Kier alpha value is -0.660. The molecule has 0 aliphatic heterocycles. The van der Waals surface area contributed by atoms with Gasteiger partial charge in [0.05, 0.1) is 24.9 Å². The van der Waals surface area contributed by atoms with Gasteiger partial charge >= 0.3 is 5.97 Å². The summed E-state index contributed by atoms with van der Waals surface area (Å²) in [5.74, 6) is -2.27. The van der Waals surface area contributed by atoms with E-state index in [-0.39, 0.29) is 0 Å². The Bertz CT molecular complexity index is 340. The summed E-state index contributed by atoms with van der Waals surface area (Å²) >= 11 is 0. The molecule has 6 nitrogen and oxygen atoms in total. The fourth-order valence-corrected chi connectivity index (χ4v) is 1.79. The molecule has 0 amide bonds. The molecule has 0 saturated carbocycles. The first-order chi connectivity index (χ1) is 6.95. The molecule has 0 aromatic carbocycles. The summed E-state index contributed by atoms with van der Waals surface area (Å²) in [7, 11) is -3.68. The molecule has 0 aromatic heterocycles. The predicted octanol–water partition coefficient (Wildman–Crippen LogP) is 0.0704. The first-order valence-electron chi connectivity index (χ1n) is 4.70. The van der Waals surface area contributed by atoms with Gasteiger partial charge in [0.1, 0.15) is 0 Å². The highest BCUT2D eigenvalue weighted by molar-refractivity contribution is 7.85. The molecule has 2 N–H and O–H groups in total. The molecule has 0 bridgehead atoms. The van der Waals surface area contributed by atoms with E-state index in [0.29, 0.717) is 0 Å². The lowest BCUT2D eigenvalue weighted by molar-refractivity contribution is -0.152. The van der Waals surface area contributed by atoms with Crippen molar-refractivity contribution < 1.29 is 27.6 Å². The Morgan fingerprint density at radius 3 is 2.06 bits per heavy atom. The fraction of sp³-hybridized carbons (Fsp3) is 0.889. The van der Waals surface area contributed by atoms with E-state index in [4.69, 9.17) is 5.11 Å². The lowest BCUT2D eigenvalue weighted by Gasteiger charge is -2.30. The van der Waals surface area contributed by atoms with Gasteiger partial charge in [0.2, 0.25) is 0 Å². The molecule has 0 saturated heterocycles. The van der Waals surface area contributed by atoms with E-state index in [1.165, 1.54) is 0 Å². The van der Waals surface area contributed by atoms with Crippen LogP contribution in [0.1, 0.15) is 20.8 Å². The molecule has 0 aromatic rings. The largest absolute Gasteiger partial charge is 0.481 e. The van der Waals surface area contributed by atoms with E-state index < -0.39 is 40.1 Å². The van der Waals surface area contributed by atoms with Crippen molar-refractivity contribution in [1.82, 2.24) is 0 Å². The van der Waals surface area contributed by atoms with Crippen LogP contribution >= 0.6 is 0 Å². The van der Waals surface area contributed by atoms with E-state index in [2.05, 4.69) is 4.18 Å². The SMILES string of the molecule is CC(C)(C)C(C(=O)O)C(O)COS(C)(=O)=O. The molecule has 96 valence electrons. The number of carboxylic acid groups (broad SMARTS) is 1. The first kappa shape index (κ1) is 15.3. The zero-order chi connectivity index (χ0) is 13.1. The predicted molar refractivity (Wildman–Crippen MR) is 57.4 cm³/mol. The van der Waals surface area contributed by atoms with E-state index >= 15 is 0 Å². The fourth-order valence-electron chi connectivity index (χ4n) is 1.40. The van der Waals surface area contributed by atoms with Crippen molar-refractivity contribution in [2.24, 2.45) is 11.3 Å². The van der Waals surface area contributed by atoms with E-state index in [9.17, 15) is 18.3 Å². The molecule has 7 heteroatoms. The Morgan fingerprint density at radius 1 is 1.38 bits per heavy atom. The van der Waals surface area contributed by atoms with Crippen LogP contribution in [0, 0.1) is 11.3 Å². The molecule has 0 spiro atoms. The van der Waals surface area contributed by atoms with Crippen molar-refractivity contribution in [1.29, 1.82) is 0 Å². The topological polar surface area (TPSA) is 101 Å². The smallest absolute Gasteiger partial charge is 0.309 e. The van der Waals surface area contributed by atoms with Crippen molar-refractivity contribution >= 4 is 16.1 Å². The second kappa shape index (κ2) is 5.11. The minimum absolute atomic E-state index is 0.549. The van der Waals surface area contributed by atoms with Gasteiger partial charge in [-0.1, -0.05) is 20.8 Å². The molecule has 2 unspecified atom stereocenters. The quantitative estimate of drug-likeness (QED) is 0.673. The Labute approximate surface area is 95.4 Å². The summed E-state index contributed by atoms with van der Waals surface area (Å²) in [4.78, 5) is 10.9. The lowest BCUT2D eigenvalue weighted by atomic mass is 9.77. The zero-order valence-electron chi connectivity index (χ0n) is 9.80. The molecular weight excluding hydrogens is 236 g/mol. The van der Waals surface area contributed by atoms with Crippen molar-refractivity contribution in [3.63, 3.8) is 0 Å². The normalized spacial score (nSPS) is 16.8. The monoisotopic (exact) mass is 254 g/mol. The van der Waals surface area contributed by atoms with Crippen LogP contribution < -0.4 is 0 Å². The second-order valence-corrected chi connectivity index (χ2v) is 6.38. The van der Waals surface area contributed by atoms with Crippen LogP contribution in [0.15, 0.2) is 0 Å². The molecular formula is C9H18O6S. The zero-order valence-corrected chi connectivity index (χ0v) is 10.6. The average Bonchev–Trinajstić information content (AvgIpc) is 1.95. The maximum absolute atomic E-state index is 10.9. The highest BCUT2D eigenvalue weighted by Crippen LogP contribution is 2.29. The number of aliphatic hydroxyl groups is 1. The van der Waals surface area contributed by atoms with Crippen LogP contribution in [0.4, 0.5) is 0 Å². The van der Waals surface area contributed by atoms with E-state index in [1.807, 2.05) is 0 Å². The Kier molecular flexibility index (Phi) is 4.90. The summed E-state index contributed by atoms with van der Waals surface area (Å²) in [5.41, 5.74) is -0.688. The highest BCUT2D eigenvalue weighted by Gasteiger charge is 2.37. The first-order valence-corrected chi connectivity index (χ1v) is 6.52. The number of aliphatic hydroxyl groups excluding tert-OH is 1. The van der Waals surface area contributed by atoms with Gasteiger partial charge in [-0.25, -0.2) is 0 Å². The van der Waals surface area contributed by atoms with Crippen molar-refractivity contribution in [2.45, 2.75) is 26.9 Å². The standard InChI is InChI=1S/C9H18O6S/c1-9(2,3)7(8(11)12)6(10)5-15-16(4,13)14/h6-7,10H,5H2,1-4H3,(H,11,12). The van der Waals surface area contributed by atoms with Crippen molar-refractivity contribution in [3.05, 3.63) is 0 Å². The van der Waals surface area contributed by atoms with Crippen LogP contribution in [0.2, 0.25) is 0 Å². The number of rotatable bonds is 5. The van der Waals surface area contributed by atoms with Gasteiger partial charge in [-0.3, -0.25) is 8.98 Å². The number of carboxylic acids is 1. The molecule has 0 fully saturated rings. The molecule has 0 rings (SSSR count). The molecule has 0 heterocycles. The van der Waals surface area contributed by atoms with Gasteiger partial charge in [-0.2, -0.15) is 8.42 Å². The van der Waals surface area contributed by atoms with Crippen molar-refractivity contribution in [3.8, 4) is 0 Å². The summed E-state index contributed by atoms with van der Waals surface area (Å²) < 4.78 is 25.8. The van der Waals surface area contributed by atoms with Crippen LogP contribution in [0.25, 0.3) is 0 Å². The molecule has 16 heavy (non-hydrogen) atoms. The number of aliphatic carboxylic acids is 1. The lowest BCUT2D eigenvalue weighted by Crippen LogP contribution is -2.41. The van der Waals surface area contributed by atoms with E-state index in [1.54, 1.807) is 20.8 Å². The van der Waals surface area contributed by atoms with Crippen LogP contribution in [-0.4, -0.2) is 43.6 Å². The van der Waals surface area contributed by atoms with Crippen LogP contribution in [0.5, 0.6) is 0 Å². The van der Waals surface area contributed by atoms with Gasteiger partial charge < -0.3 is 10.2 Å². The minimum atomic E-state index is -3.68. The van der Waals surface area contributed by atoms with Gasteiger partial charge in [0.25, 0.3) is 10.1 Å². The molecule has 0 aliphatic rings. The highest BCUT2D eigenvalue weighted by atomic mass is 32.2. The average molecular weight is 254 g/mol. The van der Waals surface area contributed by atoms with E-state index in [0.717, 1.165) is 6.26 Å². The van der Waals surface area contributed by atoms with Gasteiger partial charge in [-0.05, 0) is 5.41 Å². The Balaban J connectivity index is 4.66. The maximum atomic E-state index is 10.9. The minimum Gasteiger partial charge on any atom is -0.481 e. The Morgan fingerprint density at radius 2 is 1.81 bits per heavy atom. The molecule has 0 aliphatic carbocycles. The number of carbonyl (C=O) groups is 1. The van der Waals surface area contributed by atoms with Gasteiger partial charge in [0.15, 0.2) is 0 Å². The summed E-state index contributed by atoms with van der Waals surface area (Å²) in [5, 5.41) is 18.6. The number of hydrogen-bond donors (Lipinski definition) is 2. The third-order valence-corrected chi connectivity index (χ3v) is 2.60. The van der Waals surface area contributed by atoms with Crippen LogP contribution in [0.3, 0.4) is 0 Å². The summed E-state index contributed by atoms with van der Waals surface area (Å²) in [6, 6.07) is 0. The molecule has 0 radical (unpaired) electrons. The van der Waals surface area contributed by atoms with Gasteiger partial charge in [-0.15, -0.1) is 0 Å². The summed E-state index contributed by atoms with van der Waals surface area (Å²) in [6.45, 7) is 4.40. The second-order valence-electron chi connectivity index (χ2n) is 4.74. The maximum Gasteiger partial charge on any atom is 0.309 e. The van der Waals surface area contributed by atoms with Gasteiger partial charge in [0, 0.05) is 0 Å².